The van der Waals surface area contributed by atoms with E-state index in [1.807, 2.05) is 30.5 Å². The summed E-state index contributed by atoms with van der Waals surface area (Å²) in [6.45, 7) is 3.01. The Morgan fingerprint density at radius 2 is 2.22 bits per heavy atom. The highest BCUT2D eigenvalue weighted by molar-refractivity contribution is 7.13. The molecule has 1 aliphatic heterocycles. The molecule has 3 aromatic heterocycles. The summed E-state index contributed by atoms with van der Waals surface area (Å²) in [4.78, 5) is 15.8. The van der Waals surface area contributed by atoms with Gasteiger partial charge in [0.05, 0.1) is 23.3 Å². The fourth-order valence-corrected chi connectivity index (χ4v) is 4.16. The van der Waals surface area contributed by atoms with Crippen molar-refractivity contribution in [3.63, 3.8) is 0 Å². The minimum atomic E-state index is 0.413. The van der Waals surface area contributed by atoms with Crippen molar-refractivity contribution in [2.45, 2.75) is 25.3 Å². The number of likely N-dealkylation sites (tertiary alicyclic amines) is 1. The summed E-state index contributed by atoms with van der Waals surface area (Å²) in [5.41, 5.74) is 3.52. The number of anilines is 2. The molecule has 27 heavy (non-hydrogen) atoms. The van der Waals surface area contributed by atoms with E-state index in [0.29, 0.717) is 11.6 Å². The molecule has 1 saturated heterocycles. The van der Waals surface area contributed by atoms with Crippen molar-refractivity contribution in [2.75, 3.05) is 18.4 Å². The lowest BCUT2D eigenvalue weighted by atomic mass is 9.95. The predicted octanol–water partition coefficient (Wildman–Crippen LogP) is 3.93. The smallest absolute Gasteiger partial charge is 0.187 e. The van der Waals surface area contributed by atoms with E-state index in [2.05, 4.69) is 31.6 Å². The van der Waals surface area contributed by atoms with Crippen LogP contribution < -0.4 is 5.32 Å². The number of nitriles is 1. The molecule has 1 aliphatic rings. The van der Waals surface area contributed by atoms with Gasteiger partial charge in [0.25, 0.3) is 0 Å². The number of pyridine rings is 2. The lowest BCUT2D eigenvalue weighted by Crippen LogP contribution is -2.34. The van der Waals surface area contributed by atoms with Crippen molar-refractivity contribution in [1.29, 1.82) is 5.26 Å². The first kappa shape index (κ1) is 17.6. The Labute approximate surface area is 162 Å². The molecular weight excluding hydrogens is 356 g/mol. The van der Waals surface area contributed by atoms with Crippen molar-refractivity contribution < 1.29 is 0 Å². The standard InChI is InChI=1S/C20H20N6S/c21-10-16-6-7-17(11-23-16)24-20-25-19(14-27-20)15-4-3-9-26(12-15)13-18-5-1-2-8-22-18/h1-2,5-8,11,14-15H,3-4,9,12-13H2,(H,24,25)/t15-/m0/s1. The number of nitrogens with one attached hydrogen (secondary N) is 1. The van der Waals surface area contributed by atoms with Gasteiger partial charge < -0.3 is 5.32 Å². The zero-order valence-corrected chi connectivity index (χ0v) is 15.7. The van der Waals surface area contributed by atoms with Crippen LogP contribution in [0.5, 0.6) is 0 Å². The van der Waals surface area contributed by atoms with Crippen LogP contribution in [-0.4, -0.2) is 32.9 Å². The number of thiazole rings is 1. The van der Waals surface area contributed by atoms with Crippen LogP contribution in [0.1, 0.15) is 35.8 Å². The Kier molecular flexibility index (Phi) is 5.37. The van der Waals surface area contributed by atoms with Gasteiger partial charge in [-0.15, -0.1) is 11.3 Å². The normalized spacial score (nSPS) is 17.4. The van der Waals surface area contributed by atoms with Gasteiger partial charge in [0.1, 0.15) is 11.8 Å². The van der Waals surface area contributed by atoms with Gasteiger partial charge in [0.15, 0.2) is 5.13 Å². The van der Waals surface area contributed by atoms with E-state index in [9.17, 15) is 0 Å². The van der Waals surface area contributed by atoms with Crippen molar-refractivity contribution >= 4 is 22.2 Å². The molecule has 1 atom stereocenters. The molecule has 0 unspecified atom stereocenters. The van der Waals surface area contributed by atoms with Crippen LogP contribution in [0.25, 0.3) is 0 Å². The Balaban J connectivity index is 1.39. The summed E-state index contributed by atoms with van der Waals surface area (Å²) >= 11 is 1.61. The minimum Gasteiger partial charge on any atom is -0.330 e. The van der Waals surface area contributed by atoms with Gasteiger partial charge in [-0.2, -0.15) is 5.26 Å². The zero-order chi connectivity index (χ0) is 18.5. The fourth-order valence-electron chi connectivity index (χ4n) is 3.35. The first-order valence-electron chi connectivity index (χ1n) is 9.01. The number of rotatable bonds is 5. The molecule has 136 valence electrons. The summed E-state index contributed by atoms with van der Waals surface area (Å²) < 4.78 is 0. The second kappa shape index (κ2) is 8.25. The molecule has 6 nitrogen and oxygen atoms in total. The third kappa shape index (κ3) is 4.48. The number of nitrogens with zero attached hydrogens (tertiary/aromatic N) is 5. The highest BCUT2D eigenvalue weighted by Crippen LogP contribution is 2.31. The van der Waals surface area contributed by atoms with E-state index in [1.54, 1.807) is 23.6 Å². The molecule has 4 rings (SSSR count). The van der Waals surface area contributed by atoms with Crippen LogP contribution in [0.3, 0.4) is 0 Å². The summed E-state index contributed by atoms with van der Waals surface area (Å²) in [7, 11) is 0. The fraction of sp³-hybridized carbons (Fsp3) is 0.300. The van der Waals surface area contributed by atoms with Crippen molar-refractivity contribution in [3.05, 3.63) is 65.2 Å². The van der Waals surface area contributed by atoms with Crippen molar-refractivity contribution in [3.8, 4) is 6.07 Å². The largest absolute Gasteiger partial charge is 0.330 e. The van der Waals surface area contributed by atoms with E-state index in [1.165, 1.54) is 12.8 Å². The predicted molar refractivity (Wildman–Crippen MR) is 106 cm³/mol. The second-order valence-electron chi connectivity index (χ2n) is 6.64. The maximum atomic E-state index is 8.83. The molecule has 0 spiro atoms. The highest BCUT2D eigenvalue weighted by Gasteiger charge is 2.23. The van der Waals surface area contributed by atoms with Gasteiger partial charge in [-0.05, 0) is 43.7 Å². The van der Waals surface area contributed by atoms with Gasteiger partial charge in [0, 0.05) is 30.6 Å². The molecule has 0 saturated carbocycles. The first-order valence-corrected chi connectivity index (χ1v) is 9.89. The van der Waals surface area contributed by atoms with Crippen LogP contribution in [0.15, 0.2) is 48.1 Å². The summed E-state index contributed by atoms with van der Waals surface area (Å²) in [6.07, 6.45) is 5.86. The molecular formula is C20H20N6S. The second-order valence-corrected chi connectivity index (χ2v) is 7.50. The van der Waals surface area contributed by atoms with E-state index in [0.717, 1.165) is 41.8 Å². The molecule has 1 fully saturated rings. The monoisotopic (exact) mass is 376 g/mol. The van der Waals surface area contributed by atoms with Crippen molar-refractivity contribution in [1.82, 2.24) is 19.9 Å². The van der Waals surface area contributed by atoms with Gasteiger partial charge in [-0.3, -0.25) is 9.88 Å². The van der Waals surface area contributed by atoms with Crippen LogP contribution >= 0.6 is 11.3 Å². The van der Waals surface area contributed by atoms with E-state index >= 15 is 0 Å². The van der Waals surface area contributed by atoms with E-state index in [4.69, 9.17) is 10.2 Å². The zero-order valence-electron chi connectivity index (χ0n) is 14.9. The molecule has 0 radical (unpaired) electrons. The average Bonchev–Trinajstić information content (AvgIpc) is 3.18. The quantitative estimate of drug-likeness (QED) is 0.727. The molecule has 0 aliphatic carbocycles. The summed E-state index contributed by atoms with van der Waals surface area (Å²) in [5, 5.41) is 15.1. The highest BCUT2D eigenvalue weighted by atomic mass is 32.1. The van der Waals surface area contributed by atoms with Crippen LogP contribution in [0.4, 0.5) is 10.8 Å². The maximum Gasteiger partial charge on any atom is 0.187 e. The average molecular weight is 376 g/mol. The molecule has 0 bridgehead atoms. The minimum absolute atomic E-state index is 0.413. The topological polar surface area (TPSA) is 77.7 Å². The lowest BCUT2D eigenvalue weighted by molar-refractivity contribution is 0.197. The van der Waals surface area contributed by atoms with Crippen LogP contribution in [0.2, 0.25) is 0 Å². The molecule has 4 heterocycles. The van der Waals surface area contributed by atoms with Gasteiger partial charge >= 0.3 is 0 Å². The number of aromatic nitrogens is 3. The Morgan fingerprint density at radius 3 is 3.00 bits per heavy atom. The Bertz CT molecular complexity index is 916. The van der Waals surface area contributed by atoms with Crippen LogP contribution in [0, 0.1) is 11.3 Å². The SMILES string of the molecule is N#Cc1ccc(Nc2nc([C@H]3CCCN(Cc4ccccn4)C3)cs2)cn1. The molecule has 1 N–H and O–H groups in total. The Morgan fingerprint density at radius 1 is 1.26 bits per heavy atom. The molecule has 3 aromatic rings. The van der Waals surface area contributed by atoms with Crippen LogP contribution in [-0.2, 0) is 6.54 Å². The molecule has 0 aromatic carbocycles. The summed E-state index contributed by atoms with van der Waals surface area (Å²) in [5.74, 6) is 0.452. The van der Waals surface area contributed by atoms with Crippen molar-refractivity contribution in [2.24, 2.45) is 0 Å². The van der Waals surface area contributed by atoms with Gasteiger partial charge in [0.2, 0.25) is 0 Å². The molecule has 0 amide bonds. The molecule has 7 heteroatoms. The Hall–Kier alpha value is -2.82. The van der Waals surface area contributed by atoms with Gasteiger partial charge in [-0.1, -0.05) is 6.07 Å². The third-order valence-corrected chi connectivity index (χ3v) is 5.46. The number of piperidine rings is 1. The number of hydrogen-bond donors (Lipinski definition) is 1. The van der Waals surface area contributed by atoms with E-state index < -0.39 is 0 Å². The maximum absolute atomic E-state index is 8.83. The van der Waals surface area contributed by atoms with Gasteiger partial charge in [-0.25, -0.2) is 9.97 Å². The summed E-state index contributed by atoms with van der Waals surface area (Å²) in [6, 6.07) is 11.7. The first-order chi connectivity index (χ1) is 13.3. The lowest BCUT2D eigenvalue weighted by Gasteiger charge is -2.31. The number of hydrogen-bond acceptors (Lipinski definition) is 7. The third-order valence-electron chi connectivity index (χ3n) is 4.69. The van der Waals surface area contributed by atoms with E-state index in [-0.39, 0.29) is 0 Å².